The Morgan fingerprint density at radius 2 is 1.71 bits per heavy atom. The highest BCUT2D eigenvalue weighted by molar-refractivity contribution is 7.64. The van der Waals surface area contributed by atoms with Gasteiger partial charge in [-0.25, -0.2) is 9.37 Å². The number of aryl methyl sites for hydroxylation is 1. The average Bonchev–Trinajstić information content (AvgIpc) is 2.45. The first-order chi connectivity index (χ1) is 9.97. The van der Waals surface area contributed by atoms with Gasteiger partial charge in [-0.3, -0.25) is 0 Å². The maximum Gasteiger partial charge on any atom is 0.213 e. The molecule has 0 saturated heterocycles. The summed E-state index contributed by atoms with van der Waals surface area (Å²) in [6.45, 7) is 9.86. The van der Waals surface area contributed by atoms with E-state index in [9.17, 15) is 8.78 Å². The van der Waals surface area contributed by atoms with E-state index in [1.165, 1.54) is 18.3 Å². The Morgan fingerprint density at radius 3 is 2.29 bits per heavy atom. The second kappa shape index (κ2) is 8.04. The molecular weight excluding hydrogens is 289 g/mol. The minimum Gasteiger partial charge on any atom is -0.351 e. The molecule has 0 amide bonds. The lowest BCUT2D eigenvalue weighted by atomic mass is 10.2. The molecule has 0 spiro atoms. The van der Waals surface area contributed by atoms with E-state index in [-0.39, 0.29) is 5.82 Å². The van der Waals surface area contributed by atoms with Gasteiger partial charge in [-0.15, -0.1) is 0 Å². The number of anilines is 2. The number of hydrogen-bond donors (Lipinski definition) is 1. The van der Waals surface area contributed by atoms with Crippen LogP contribution in [0.1, 0.15) is 19.4 Å². The quantitative estimate of drug-likeness (QED) is 0.650. The van der Waals surface area contributed by atoms with Crippen LogP contribution in [0.4, 0.5) is 20.2 Å². The summed E-state index contributed by atoms with van der Waals surface area (Å²) in [6, 6.07) is 6.36. The van der Waals surface area contributed by atoms with Crippen molar-refractivity contribution in [3.63, 3.8) is 0 Å². The Kier molecular flexibility index (Phi) is 6.70. The summed E-state index contributed by atoms with van der Waals surface area (Å²) in [5.74, 6) is -0.840. The van der Waals surface area contributed by atoms with Crippen molar-refractivity contribution in [1.82, 2.24) is 4.98 Å². The molecule has 2 nitrogen and oxygen atoms in total. The van der Waals surface area contributed by atoms with Crippen LogP contribution < -0.4 is 10.6 Å². The minimum atomic E-state index is -0.513. The summed E-state index contributed by atoms with van der Waals surface area (Å²) in [7, 11) is -0.510. The number of nitrogens with one attached hydrogen (secondary N) is 1. The Labute approximate surface area is 126 Å². The zero-order chi connectivity index (χ0) is 16.0. The van der Waals surface area contributed by atoms with Crippen molar-refractivity contribution in [2.45, 2.75) is 20.8 Å². The molecule has 0 bridgehead atoms. The van der Waals surface area contributed by atoms with Crippen LogP contribution in [0.2, 0.25) is 0 Å². The summed E-state index contributed by atoms with van der Waals surface area (Å²) in [4.78, 5) is 3.62. The fraction of sp³-hybridized carbons (Fsp3) is 0.312. The zero-order valence-electron chi connectivity index (χ0n) is 13.0. The fourth-order valence-corrected chi connectivity index (χ4v) is 2.71. The molecule has 0 unspecified atom stereocenters. The van der Waals surface area contributed by atoms with E-state index in [4.69, 9.17) is 0 Å². The molecule has 0 fully saturated rings. The van der Waals surface area contributed by atoms with Gasteiger partial charge in [-0.2, -0.15) is 4.39 Å². The molecule has 5 heteroatoms. The molecule has 1 aromatic carbocycles. The van der Waals surface area contributed by atoms with Crippen molar-refractivity contribution in [2.24, 2.45) is 0 Å². The molecule has 1 aromatic heterocycles. The normalized spacial score (nSPS) is 10.1. The number of halogens is 2. The minimum absolute atomic E-state index is 0.327. The first kappa shape index (κ1) is 17.5. The van der Waals surface area contributed by atoms with E-state index in [0.29, 0.717) is 11.4 Å². The number of nitrogens with zero attached hydrogens (tertiary/aromatic N) is 1. The molecule has 2 aromatic rings. The average molecular weight is 310 g/mol. The zero-order valence-corrected chi connectivity index (χ0v) is 13.9. The van der Waals surface area contributed by atoms with Crippen LogP contribution in [-0.2, 0) is 0 Å². The Balaban J connectivity index is 0.00000106. The highest BCUT2D eigenvalue weighted by atomic mass is 31.1. The first-order valence-corrected chi connectivity index (χ1v) is 9.07. The monoisotopic (exact) mass is 310 g/mol. The largest absolute Gasteiger partial charge is 0.351 e. The highest BCUT2D eigenvalue weighted by Gasteiger charge is 2.11. The smallest absolute Gasteiger partial charge is 0.213 e. The summed E-state index contributed by atoms with van der Waals surface area (Å²) < 4.78 is 27.0. The first-order valence-electron chi connectivity index (χ1n) is 6.83. The van der Waals surface area contributed by atoms with Crippen LogP contribution in [0, 0.1) is 18.7 Å². The van der Waals surface area contributed by atoms with E-state index in [1.54, 1.807) is 6.07 Å². The van der Waals surface area contributed by atoms with Gasteiger partial charge in [0.1, 0.15) is 5.82 Å². The topological polar surface area (TPSA) is 24.9 Å². The van der Waals surface area contributed by atoms with E-state index in [2.05, 4.69) is 10.3 Å². The van der Waals surface area contributed by atoms with E-state index in [0.717, 1.165) is 10.9 Å². The lowest BCUT2D eigenvalue weighted by Gasteiger charge is -2.15. The van der Waals surface area contributed by atoms with Gasteiger partial charge in [0.25, 0.3) is 0 Å². The van der Waals surface area contributed by atoms with Crippen molar-refractivity contribution in [3.05, 3.63) is 47.8 Å². The van der Waals surface area contributed by atoms with Crippen LogP contribution in [0.25, 0.3) is 0 Å². The third-order valence-electron chi connectivity index (χ3n) is 2.72. The van der Waals surface area contributed by atoms with Gasteiger partial charge in [0.15, 0.2) is 0 Å². The molecule has 0 saturated carbocycles. The summed E-state index contributed by atoms with van der Waals surface area (Å²) in [5.41, 5.74) is 1.88. The SMILES string of the molecule is CC.Cc1ccc(Nc2cnc(F)cc2P(C)C)c(F)c1. The molecular formula is C16H21F2N2P. The van der Waals surface area contributed by atoms with Gasteiger partial charge in [0.05, 0.1) is 17.6 Å². The molecule has 0 atom stereocenters. The van der Waals surface area contributed by atoms with Crippen LogP contribution in [0.3, 0.4) is 0 Å². The van der Waals surface area contributed by atoms with Gasteiger partial charge in [-0.05, 0) is 37.9 Å². The molecule has 0 aliphatic heterocycles. The summed E-state index contributed by atoms with van der Waals surface area (Å²) in [5, 5.41) is 3.82. The second-order valence-corrected chi connectivity index (χ2v) is 6.80. The third kappa shape index (κ3) is 4.75. The fourth-order valence-electron chi connectivity index (χ4n) is 1.75. The van der Waals surface area contributed by atoms with Crippen molar-refractivity contribution >= 4 is 24.6 Å². The van der Waals surface area contributed by atoms with Gasteiger partial charge in [0, 0.05) is 11.4 Å². The molecule has 0 aliphatic rings. The molecule has 1 heterocycles. The predicted molar refractivity (Wildman–Crippen MR) is 88.4 cm³/mol. The van der Waals surface area contributed by atoms with E-state index >= 15 is 0 Å². The van der Waals surface area contributed by atoms with Crippen molar-refractivity contribution < 1.29 is 8.78 Å². The van der Waals surface area contributed by atoms with Crippen LogP contribution in [0.5, 0.6) is 0 Å². The number of pyridine rings is 1. The van der Waals surface area contributed by atoms with Crippen LogP contribution in [-0.4, -0.2) is 18.3 Å². The number of benzene rings is 1. The lowest BCUT2D eigenvalue weighted by molar-refractivity contribution is 0.585. The second-order valence-electron chi connectivity index (χ2n) is 4.53. The number of hydrogen-bond acceptors (Lipinski definition) is 2. The van der Waals surface area contributed by atoms with Gasteiger partial charge in [0.2, 0.25) is 5.95 Å². The molecule has 1 N–H and O–H groups in total. The van der Waals surface area contributed by atoms with Crippen molar-refractivity contribution in [3.8, 4) is 0 Å². The van der Waals surface area contributed by atoms with Crippen molar-refractivity contribution in [1.29, 1.82) is 0 Å². The third-order valence-corrected chi connectivity index (χ3v) is 4.06. The predicted octanol–water partition coefficient (Wildman–Crippen LogP) is 4.80. The van der Waals surface area contributed by atoms with Gasteiger partial charge in [-0.1, -0.05) is 27.8 Å². The molecule has 0 aliphatic carbocycles. The van der Waals surface area contributed by atoms with Gasteiger partial charge >= 0.3 is 0 Å². The highest BCUT2D eigenvalue weighted by Crippen LogP contribution is 2.30. The molecule has 21 heavy (non-hydrogen) atoms. The number of rotatable bonds is 3. The van der Waals surface area contributed by atoms with Crippen LogP contribution in [0.15, 0.2) is 30.5 Å². The van der Waals surface area contributed by atoms with Crippen molar-refractivity contribution in [2.75, 3.05) is 18.6 Å². The van der Waals surface area contributed by atoms with E-state index < -0.39 is 13.9 Å². The molecule has 2 rings (SSSR count). The maximum atomic E-state index is 13.8. The van der Waals surface area contributed by atoms with Crippen LogP contribution >= 0.6 is 7.92 Å². The Hall–Kier alpha value is -1.54. The van der Waals surface area contributed by atoms with Gasteiger partial charge < -0.3 is 5.32 Å². The Morgan fingerprint density at radius 1 is 1.05 bits per heavy atom. The Bertz CT molecular complexity index is 601. The summed E-state index contributed by atoms with van der Waals surface area (Å²) in [6.07, 6.45) is 1.41. The lowest BCUT2D eigenvalue weighted by Crippen LogP contribution is -2.10. The maximum absolute atomic E-state index is 13.8. The molecule has 0 radical (unpaired) electrons. The molecule has 114 valence electrons. The standard InChI is InChI=1S/C14H15F2N2P.C2H6/c1-9-4-5-11(10(15)6-9)18-12-8-17-14(16)7-13(12)19(2)3;1-2/h4-8,18H,1-3H3;1-2H3. The van der Waals surface area contributed by atoms with E-state index in [1.807, 2.05) is 40.2 Å². The number of aromatic nitrogens is 1. The summed E-state index contributed by atoms with van der Waals surface area (Å²) >= 11 is 0.